The van der Waals surface area contributed by atoms with Gasteiger partial charge in [-0.3, -0.25) is 0 Å². The summed E-state index contributed by atoms with van der Waals surface area (Å²) < 4.78 is 0. The van der Waals surface area contributed by atoms with Crippen LogP contribution in [-0.4, -0.2) is 18.3 Å². The minimum absolute atomic E-state index is 0.730. The zero-order valence-corrected chi connectivity index (χ0v) is 10.5. The molecule has 0 aliphatic heterocycles. The molecule has 0 saturated heterocycles. The molecule has 2 rings (SSSR count). The first-order chi connectivity index (χ1) is 7.04. The van der Waals surface area contributed by atoms with Gasteiger partial charge in [-0.15, -0.1) is 10.6 Å². The van der Waals surface area contributed by atoms with Crippen LogP contribution in [0.15, 0.2) is 12.3 Å². The van der Waals surface area contributed by atoms with Crippen LogP contribution in [0.3, 0.4) is 0 Å². The molecule has 3 heteroatoms. The molecule has 1 aliphatic carbocycles. The van der Waals surface area contributed by atoms with E-state index in [1.807, 2.05) is 6.20 Å². The molecule has 1 aliphatic rings. The monoisotopic (exact) mass is 216 g/mol. The molecule has 1 aromatic rings. The Labute approximate surface area is 92.1 Å². The van der Waals surface area contributed by atoms with Gasteiger partial charge in [0.2, 0.25) is 0 Å². The van der Waals surface area contributed by atoms with Gasteiger partial charge < -0.3 is 0 Å². The molecule has 78 valence electrons. The molecule has 1 fully saturated rings. The molecule has 15 heavy (non-hydrogen) atoms. The molecule has 0 atom stereocenters. The van der Waals surface area contributed by atoms with E-state index in [1.54, 1.807) is 0 Å². The van der Waals surface area contributed by atoms with Crippen LogP contribution in [0.2, 0.25) is 19.6 Å². The molecule has 0 aromatic carbocycles. The highest BCUT2D eigenvalue weighted by molar-refractivity contribution is 6.83. The van der Waals surface area contributed by atoms with Crippen molar-refractivity contribution in [3.05, 3.63) is 23.5 Å². The average molecular weight is 216 g/mol. The van der Waals surface area contributed by atoms with Crippen molar-refractivity contribution in [3.8, 4) is 11.5 Å². The Morgan fingerprint density at radius 1 is 1.33 bits per heavy atom. The van der Waals surface area contributed by atoms with E-state index in [0.29, 0.717) is 0 Å². The molecule has 1 heterocycles. The average Bonchev–Trinajstić information content (AvgIpc) is 2.97. The van der Waals surface area contributed by atoms with Crippen LogP contribution in [0, 0.1) is 11.5 Å². The third-order valence-electron chi connectivity index (χ3n) is 2.29. The highest BCUT2D eigenvalue weighted by Gasteiger charge is 2.23. The van der Waals surface area contributed by atoms with Gasteiger partial charge >= 0.3 is 0 Å². The Hall–Kier alpha value is -1.14. The Morgan fingerprint density at radius 2 is 2.07 bits per heavy atom. The molecule has 0 unspecified atom stereocenters. The van der Waals surface area contributed by atoms with Crippen LogP contribution >= 0.6 is 0 Å². The molecule has 0 radical (unpaired) electrons. The van der Waals surface area contributed by atoms with E-state index in [2.05, 4.69) is 47.4 Å². The molecule has 0 spiro atoms. The van der Waals surface area contributed by atoms with Crippen molar-refractivity contribution >= 4 is 8.07 Å². The van der Waals surface area contributed by atoms with Crippen molar-refractivity contribution in [3.63, 3.8) is 0 Å². The van der Waals surface area contributed by atoms with Crippen molar-refractivity contribution < 1.29 is 0 Å². The lowest BCUT2D eigenvalue weighted by Crippen LogP contribution is -2.16. The summed E-state index contributed by atoms with van der Waals surface area (Å²) in [6.07, 6.45) is 4.47. The van der Waals surface area contributed by atoms with Gasteiger partial charge in [0, 0.05) is 0 Å². The first kappa shape index (κ1) is 10.4. The molecule has 1 saturated carbocycles. The predicted molar refractivity (Wildman–Crippen MR) is 64.2 cm³/mol. The normalized spacial score (nSPS) is 15.7. The number of nitrogens with zero attached hydrogens (tertiary/aromatic N) is 2. The van der Waals surface area contributed by atoms with Crippen molar-refractivity contribution in [1.29, 1.82) is 0 Å². The maximum atomic E-state index is 4.05. The van der Waals surface area contributed by atoms with Crippen molar-refractivity contribution in [2.75, 3.05) is 0 Å². The fraction of sp³-hybridized carbons (Fsp3) is 0.500. The van der Waals surface area contributed by atoms with Gasteiger partial charge in [-0.25, -0.2) is 0 Å². The Balaban J connectivity index is 2.20. The first-order valence-corrected chi connectivity index (χ1v) is 8.90. The second-order valence-corrected chi connectivity index (χ2v) is 9.90. The summed E-state index contributed by atoms with van der Waals surface area (Å²) in [5, 5.41) is 8.06. The van der Waals surface area contributed by atoms with Gasteiger partial charge in [-0.1, -0.05) is 25.6 Å². The number of hydrogen-bond donors (Lipinski definition) is 0. The fourth-order valence-corrected chi connectivity index (χ4v) is 1.84. The quantitative estimate of drug-likeness (QED) is 0.532. The van der Waals surface area contributed by atoms with Gasteiger partial charge in [-0.2, -0.15) is 5.10 Å². The van der Waals surface area contributed by atoms with Crippen LogP contribution in [0.4, 0.5) is 0 Å². The Bertz CT molecular complexity index is 419. The van der Waals surface area contributed by atoms with Gasteiger partial charge in [0.05, 0.1) is 6.20 Å². The number of rotatable bonds is 1. The Kier molecular flexibility index (Phi) is 2.62. The van der Waals surface area contributed by atoms with Crippen molar-refractivity contribution in [2.45, 2.75) is 38.4 Å². The van der Waals surface area contributed by atoms with Gasteiger partial charge in [-0.05, 0) is 30.4 Å². The van der Waals surface area contributed by atoms with Crippen LogP contribution in [0.5, 0.6) is 0 Å². The first-order valence-electron chi connectivity index (χ1n) is 5.40. The minimum Gasteiger partial charge on any atom is -0.158 e. The third-order valence-corrected chi connectivity index (χ3v) is 3.16. The van der Waals surface area contributed by atoms with Crippen LogP contribution in [0.25, 0.3) is 0 Å². The molecule has 0 bridgehead atoms. The highest BCUT2D eigenvalue weighted by Crippen LogP contribution is 2.39. The molecule has 2 nitrogen and oxygen atoms in total. The third kappa shape index (κ3) is 3.17. The lowest BCUT2D eigenvalue weighted by atomic mass is 10.2. The summed E-state index contributed by atoms with van der Waals surface area (Å²) >= 11 is 0. The second-order valence-electron chi connectivity index (χ2n) is 5.15. The summed E-state index contributed by atoms with van der Waals surface area (Å²) in [6.45, 7) is 6.70. The summed E-state index contributed by atoms with van der Waals surface area (Å²) in [7, 11) is -1.30. The smallest absolute Gasteiger partial charge is 0.135 e. The lowest BCUT2D eigenvalue weighted by molar-refractivity contribution is 0.965. The van der Waals surface area contributed by atoms with E-state index in [4.69, 9.17) is 0 Å². The lowest BCUT2D eigenvalue weighted by Gasteiger charge is -2.03. The van der Waals surface area contributed by atoms with E-state index < -0.39 is 8.07 Å². The van der Waals surface area contributed by atoms with E-state index in [-0.39, 0.29) is 0 Å². The molecular weight excluding hydrogens is 200 g/mol. The summed E-state index contributed by atoms with van der Waals surface area (Å²) in [5.74, 6) is 3.88. The van der Waals surface area contributed by atoms with E-state index >= 15 is 0 Å². The minimum atomic E-state index is -1.30. The SMILES string of the molecule is C[Si](C)(C)C#Cc1cc(C2CC2)cnn1. The standard InChI is InChI=1S/C12H16N2Si/c1-15(2,3)7-6-12-8-11(9-13-14-12)10-4-5-10/h8-10H,4-5H2,1-3H3. The Morgan fingerprint density at radius 3 is 2.67 bits per heavy atom. The van der Waals surface area contributed by atoms with Crippen LogP contribution < -0.4 is 0 Å². The zero-order chi connectivity index (χ0) is 10.9. The van der Waals surface area contributed by atoms with Gasteiger partial charge in [0.15, 0.2) is 0 Å². The van der Waals surface area contributed by atoms with E-state index in [0.717, 1.165) is 11.6 Å². The molecule has 0 amide bonds. The maximum absolute atomic E-state index is 4.05. The molecule has 1 aromatic heterocycles. The van der Waals surface area contributed by atoms with Crippen molar-refractivity contribution in [2.24, 2.45) is 0 Å². The fourth-order valence-electron chi connectivity index (χ4n) is 1.33. The predicted octanol–water partition coefficient (Wildman–Crippen LogP) is 2.58. The second kappa shape index (κ2) is 3.78. The summed E-state index contributed by atoms with van der Waals surface area (Å²) in [4.78, 5) is 0. The molecular formula is C12H16N2Si. The summed E-state index contributed by atoms with van der Waals surface area (Å²) in [6, 6.07) is 2.10. The van der Waals surface area contributed by atoms with Crippen molar-refractivity contribution in [1.82, 2.24) is 10.2 Å². The van der Waals surface area contributed by atoms with E-state index in [1.165, 1.54) is 18.4 Å². The topological polar surface area (TPSA) is 25.8 Å². The zero-order valence-electron chi connectivity index (χ0n) is 9.54. The number of hydrogen-bond acceptors (Lipinski definition) is 2. The largest absolute Gasteiger partial charge is 0.158 e. The highest BCUT2D eigenvalue weighted by atomic mass is 28.3. The van der Waals surface area contributed by atoms with Crippen LogP contribution in [-0.2, 0) is 0 Å². The molecule has 0 N–H and O–H groups in total. The van der Waals surface area contributed by atoms with Crippen LogP contribution in [0.1, 0.15) is 30.0 Å². The van der Waals surface area contributed by atoms with Gasteiger partial charge in [0.1, 0.15) is 13.8 Å². The maximum Gasteiger partial charge on any atom is 0.135 e. The van der Waals surface area contributed by atoms with Gasteiger partial charge in [0.25, 0.3) is 0 Å². The number of aromatic nitrogens is 2. The summed E-state index contributed by atoms with van der Waals surface area (Å²) in [5.41, 5.74) is 5.46. The van der Waals surface area contributed by atoms with E-state index in [9.17, 15) is 0 Å².